The Hall–Kier alpha value is -2.45. The number of ether oxygens (including phenoxy) is 1. The third-order valence-corrected chi connectivity index (χ3v) is 7.08. The second-order valence-electron chi connectivity index (χ2n) is 7.17. The van der Waals surface area contributed by atoms with Gasteiger partial charge in [0.15, 0.2) is 9.84 Å². The summed E-state index contributed by atoms with van der Waals surface area (Å²) in [6, 6.07) is 12.5. The second kappa shape index (κ2) is 7.18. The maximum Gasteiger partial charge on any atom is 0.241 e. The van der Waals surface area contributed by atoms with Gasteiger partial charge in [0, 0.05) is 23.8 Å². The molecule has 0 aromatic heterocycles. The lowest BCUT2D eigenvalue weighted by Crippen LogP contribution is -2.61. The number of anilines is 1. The number of sulfone groups is 1. The summed E-state index contributed by atoms with van der Waals surface area (Å²) in [7, 11) is -1.74. The van der Waals surface area contributed by atoms with Gasteiger partial charge in [0.1, 0.15) is 11.6 Å². The number of hydrogen-bond acceptors (Lipinski definition) is 5. The summed E-state index contributed by atoms with van der Waals surface area (Å²) >= 11 is 0. The molecular formula is C20H21FN2O4S. The van der Waals surface area contributed by atoms with Gasteiger partial charge in [-0.25, -0.2) is 12.8 Å². The molecule has 2 aliphatic heterocycles. The minimum Gasteiger partial charge on any atom is -0.497 e. The molecule has 2 heterocycles. The van der Waals surface area contributed by atoms with Crippen molar-refractivity contribution in [2.75, 3.05) is 30.1 Å². The highest BCUT2D eigenvalue weighted by Crippen LogP contribution is 2.33. The number of fused-ring (bicyclic) bond motifs is 1. The van der Waals surface area contributed by atoms with Crippen LogP contribution < -0.4 is 9.64 Å². The summed E-state index contributed by atoms with van der Waals surface area (Å²) in [5, 5.41) is 0. The number of piperazine rings is 1. The first-order valence-corrected chi connectivity index (χ1v) is 10.8. The fourth-order valence-corrected chi connectivity index (χ4v) is 6.04. The molecule has 0 unspecified atom stereocenters. The van der Waals surface area contributed by atoms with Crippen molar-refractivity contribution in [3.8, 4) is 5.75 Å². The molecule has 4 rings (SSSR count). The van der Waals surface area contributed by atoms with Crippen LogP contribution in [0.3, 0.4) is 0 Å². The van der Waals surface area contributed by atoms with Gasteiger partial charge >= 0.3 is 0 Å². The van der Waals surface area contributed by atoms with Crippen LogP contribution in [-0.4, -0.2) is 56.5 Å². The Labute approximate surface area is 163 Å². The van der Waals surface area contributed by atoms with Gasteiger partial charge in [0.05, 0.1) is 31.2 Å². The molecule has 8 heteroatoms. The molecule has 148 valence electrons. The molecule has 2 aromatic carbocycles. The molecule has 0 saturated carbocycles. The molecule has 0 aliphatic carbocycles. The molecule has 2 atom stereocenters. The standard InChI is InChI=1S/C20H21FN2O4S/c1-27-16-8-6-15(7-9-16)23-19-13-28(25,26)12-18(19)22(11-20(23)24)10-14-4-2-3-5-17(14)21/h2-9,18-19H,10-13H2,1H3/t18-,19-/m0/s1. The van der Waals surface area contributed by atoms with Crippen molar-refractivity contribution >= 4 is 21.4 Å². The first-order valence-electron chi connectivity index (χ1n) is 9.02. The molecule has 1 amide bonds. The lowest BCUT2D eigenvalue weighted by Gasteiger charge is -2.43. The lowest BCUT2D eigenvalue weighted by molar-refractivity contribution is -0.123. The third-order valence-electron chi connectivity index (χ3n) is 5.38. The molecule has 2 aliphatic rings. The van der Waals surface area contributed by atoms with Crippen LogP contribution in [0, 0.1) is 5.82 Å². The largest absolute Gasteiger partial charge is 0.497 e. The molecule has 0 spiro atoms. The normalized spacial score (nSPS) is 24.2. The molecule has 28 heavy (non-hydrogen) atoms. The summed E-state index contributed by atoms with van der Waals surface area (Å²) in [6.45, 7) is 0.239. The third kappa shape index (κ3) is 3.49. The van der Waals surface area contributed by atoms with Crippen molar-refractivity contribution in [1.29, 1.82) is 0 Å². The van der Waals surface area contributed by atoms with Crippen molar-refractivity contribution in [2.45, 2.75) is 18.6 Å². The zero-order valence-corrected chi connectivity index (χ0v) is 16.2. The van der Waals surface area contributed by atoms with Crippen molar-refractivity contribution in [1.82, 2.24) is 4.90 Å². The number of nitrogens with zero attached hydrogens (tertiary/aromatic N) is 2. The van der Waals surface area contributed by atoms with Crippen LogP contribution in [0.4, 0.5) is 10.1 Å². The Kier molecular flexibility index (Phi) is 4.84. The fraction of sp³-hybridized carbons (Fsp3) is 0.350. The van der Waals surface area contributed by atoms with Gasteiger partial charge in [-0.2, -0.15) is 0 Å². The smallest absolute Gasteiger partial charge is 0.241 e. The number of methoxy groups -OCH3 is 1. The Balaban J connectivity index is 1.66. The number of rotatable bonds is 4. The average molecular weight is 404 g/mol. The second-order valence-corrected chi connectivity index (χ2v) is 9.32. The molecule has 0 radical (unpaired) electrons. The van der Waals surface area contributed by atoms with E-state index >= 15 is 0 Å². The monoisotopic (exact) mass is 404 g/mol. The maximum atomic E-state index is 14.1. The van der Waals surface area contributed by atoms with Gasteiger partial charge in [-0.3, -0.25) is 9.69 Å². The number of carbonyl (C=O) groups excluding carboxylic acids is 1. The Morgan fingerprint density at radius 3 is 2.43 bits per heavy atom. The Morgan fingerprint density at radius 1 is 1.07 bits per heavy atom. The molecule has 0 bridgehead atoms. The summed E-state index contributed by atoms with van der Waals surface area (Å²) < 4.78 is 44.0. The number of halogens is 1. The van der Waals surface area contributed by atoms with E-state index in [9.17, 15) is 17.6 Å². The zero-order valence-electron chi connectivity index (χ0n) is 15.4. The van der Waals surface area contributed by atoms with Crippen molar-refractivity contribution in [2.24, 2.45) is 0 Å². The Morgan fingerprint density at radius 2 is 1.75 bits per heavy atom. The number of carbonyl (C=O) groups is 1. The van der Waals surface area contributed by atoms with Crippen LogP contribution in [0.25, 0.3) is 0 Å². The van der Waals surface area contributed by atoms with Gasteiger partial charge in [-0.15, -0.1) is 0 Å². The Bertz CT molecular complexity index is 994. The number of benzene rings is 2. The van der Waals surface area contributed by atoms with E-state index in [4.69, 9.17) is 4.74 Å². The van der Waals surface area contributed by atoms with Crippen LogP contribution in [0.5, 0.6) is 5.75 Å². The summed E-state index contributed by atoms with van der Waals surface area (Å²) in [5.41, 5.74) is 1.10. The van der Waals surface area contributed by atoms with Crippen molar-refractivity contribution in [3.05, 3.63) is 59.9 Å². The quantitative estimate of drug-likeness (QED) is 0.778. The fourth-order valence-electron chi connectivity index (χ4n) is 4.05. The summed E-state index contributed by atoms with van der Waals surface area (Å²) in [6.07, 6.45) is 0. The maximum absolute atomic E-state index is 14.1. The zero-order chi connectivity index (χ0) is 19.9. The van der Waals surface area contributed by atoms with Gasteiger partial charge in [0.2, 0.25) is 5.91 Å². The highest BCUT2D eigenvalue weighted by molar-refractivity contribution is 7.91. The van der Waals surface area contributed by atoms with Crippen LogP contribution in [0.2, 0.25) is 0 Å². The van der Waals surface area contributed by atoms with Crippen LogP contribution in [-0.2, 0) is 21.2 Å². The first kappa shape index (κ1) is 18.9. The summed E-state index contributed by atoms with van der Waals surface area (Å²) in [4.78, 5) is 16.3. The SMILES string of the molecule is COc1ccc(N2C(=O)CN(Cc3ccccc3F)[C@H]3CS(=O)(=O)C[C@@H]32)cc1. The van der Waals surface area contributed by atoms with Gasteiger partial charge in [-0.1, -0.05) is 18.2 Å². The van der Waals surface area contributed by atoms with E-state index in [-0.39, 0.29) is 42.4 Å². The van der Waals surface area contributed by atoms with Gasteiger partial charge in [-0.05, 0) is 30.3 Å². The van der Waals surface area contributed by atoms with Crippen molar-refractivity contribution in [3.63, 3.8) is 0 Å². The number of amides is 1. The van der Waals surface area contributed by atoms with E-state index in [1.165, 1.54) is 6.07 Å². The molecule has 2 aromatic rings. The van der Waals surface area contributed by atoms with Crippen LogP contribution in [0.1, 0.15) is 5.56 Å². The van der Waals surface area contributed by atoms with E-state index in [1.807, 2.05) is 0 Å². The van der Waals surface area contributed by atoms with E-state index in [0.29, 0.717) is 17.0 Å². The van der Waals surface area contributed by atoms with Gasteiger partial charge < -0.3 is 9.64 Å². The van der Waals surface area contributed by atoms with E-state index < -0.39 is 15.9 Å². The molecule has 2 saturated heterocycles. The van der Waals surface area contributed by atoms with Crippen LogP contribution in [0.15, 0.2) is 48.5 Å². The van der Waals surface area contributed by atoms with Crippen molar-refractivity contribution < 1.29 is 22.3 Å². The van der Waals surface area contributed by atoms with E-state index in [0.717, 1.165) is 0 Å². The van der Waals surface area contributed by atoms with Crippen LogP contribution >= 0.6 is 0 Å². The topological polar surface area (TPSA) is 66.9 Å². The molecular weight excluding hydrogens is 383 g/mol. The molecule has 0 N–H and O–H groups in total. The number of hydrogen-bond donors (Lipinski definition) is 0. The predicted molar refractivity (Wildman–Crippen MR) is 104 cm³/mol. The van der Waals surface area contributed by atoms with Gasteiger partial charge in [0.25, 0.3) is 0 Å². The molecule has 6 nitrogen and oxygen atoms in total. The highest BCUT2D eigenvalue weighted by atomic mass is 32.2. The summed E-state index contributed by atoms with van der Waals surface area (Å²) in [5.74, 6) is -0.0234. The minimum absolute atomic E-state index is 0.0357. The first-order chi connectivity index (χ1) is 13.4. The van der Waals surface area contributed by atoms with E-state index in [1.54, 1.807) is 59.4 Å². The molecule has 2 fully saturated rings. The minimum atomic E-state index is -3.30. The highest BCUT2D eigenvalue weighted by Gasteiger charge is 2.49. The van der Waals surface area contributed by atoms with E-state index in [2.05, 4.69) is 0 Å². The predicted octanol–water partition coefficient (Wildman–Crippen LogP) is 1.85. The lowest BCUT2D eigenvalue weighted by atomic mass is 10.0. The average Bonchev–Trinajstić information content (AvgIpc) is 2.99.